The van der Waals surface area contributed by atoms with E-state index in [1.807, 2.05) is 0 Å². The van der Waals surface area contributed by atoms with Gasteiger partial charge in [0.1, 0.15) is 12.4 Å². The van der Waals surface area contributed by atoms with E-state index in [1.54, 1.807) is 45.4 Å². The highest BCUT2D eigenvalue weighted by atomic mass is 35.5. The normalized spacial score (nSPS) is 10.0. The van der Waals surface area contributed by atoms with Gasteiger partial charge in [-0.1, -0.05) is 17.7 Å². The van der Waals surface area contributed by atoms with E-state index in [1.165, 1.54) is 9.80 Å². The van der Waals surface area contributed by atoms with Crippen molar-refractivity contribution < 1.29 is 14.3 Å². The summed E-state index contributed by atoms with van der Waals surface area (Å²) < 4.78 is 5.51. The maximum atomic E-state index is 11.8. The fourth-order valence-corrected chi connectivity index (χ4v) is 1.77. The average Bonchev–Trinajstić information content (AvgIpc) is 2.46. The van der Waals surface area contributed by atoms with Gasteiger partial charge in [-0.25, -0.2) is 4.79 Å². The molecule has 6 nitrogen and oxygen atoms in total. The molecule has 22 heavy (non-hydrogen) atoms. The Morgan fingerprint density at radius 1 is 1.27 bits per heavy atom. The highest BCUT2D eigenvalue weighted by Gasteiger charge is 2.09. The predicted molar refractivity (Wildman–Crippen MR) is 86.3 cm³/mol. The molecule has 122 valence electrons. The number of carbonyl (C=O) groups excluding carboxylic acids is 2. The molecule has 0 saturated carbocycles. The summed E-state index contributed by atoms with van der Waals surface area (Å²) in [6.45, 7) is 1.11. The number of carbonyl (C=O) groups is 2. The molecule has 1 aromatic rings. The van der Waals surface area contributed by atoms with Gasteiger partial charge < -0.3 is 19.9 Å². The third-order valence-corrected chi connectivity index (χ3v) is 3.19. The average molecular weight is 328 g/mol. The molecule has 1 aromatic carbocycles. The lowest BCUT2D eigenvalue weighted by atomic mass is 10.3. The van der Waals surface area contributed by atoms with Gasteiger partial charge in [-0.05, 0) is 18.2 Å². The van der Waals surface area contributed by atoms with Gasteiger partial charge in [0.2, 0.25) is 5.91 Å². The lowest BCUT2D eigenvalue weighted by Crippen LogP contribution is -2.40. The number of halogens is 1. The Bertz CT molecular complexity index is 509. The fourth-order valence-electron chi connectivity index (χ4n) is 1.59. The molecule has 0 heterocycles. The molecule has 1 N–H and O–H groups in total. The molecule has 0 aliphatic heterocycles. The van der Waals surface area contributed by atoms with Crippen LogP contribution in [0, 0.1) is 0 Å². The van der Waals surface area contributed by atoms with Gasteiger partial charge in [0.25, 0.3) is 0 Å². The van der Waals surface area contributed by atoms with Crippen LogP contribution in [0.15, 0.2) is 24.3 Å². The molecule has 0 aromatic heterocycles. The van der Waals surface area contributed by atoms with Gasteiger partial charge in [-0.2, -0.15) is 0 Å². The smallest absolute Gasteiger partial charge is 0.317 e. The molecule has 0 aliphatic carbocycles. The van der Waals surface area contributed by atoms with Crippen LogP contribution in [-0.4, -0.2) is 62.6 Å². The summed E-state index contributed by atoms with van der Waals surface area (Å²) in [5.74, 6) is 0.644. The van der Waals surface area contributed by atoms with Crippen LogP contribution in [0.4, 0.5) is 4.79 Å². The summed E-state index contributed by atoms with van der Waals surface area (Å²) in [6.07, 6.45) is 0.283. The Hall–Kier alpha value is -1.95. The summed E-state index contributed by atoms with van der Waals surface area (Å²) >= 11 is 5.86. The monoisotopic (exact) mass is 327 g/mol. The van der Waals surface area contributed by atoms with Crippen molar-refractivity contribution in [2.45, 2.75) is 6.42 Å². The van der Waals surface area contributed by atoms with Gasteiger partial charge >= 0.3 is 6.03 Å². The number of rotatable bonds is 7. The van der Waals surface area contributed by atoms with Crippen molar-refractivity contribution in [1.82, 2.24) is 15.1 Å². The molecule has 0 unspecified atom stereocenters. The highest BCUT2D eigenvalue weighted by Crippen LogP contribution is 2.16. The molecule has 0 saturated heterocycles. The lowest BCUT2D eigenvalue weighted by molar-refractivity contribution is -0.128. The van der Waals surface area contributed by atoms with Crippen molar-refractivity contribution >= 4 is 23.5 Å². The number of amides is 3. The van der Waals surface area contributed by atoms with E-state index in [-0.39, 0.29) is 18.4 Å². The first-order valence-corrected chi connectivity index (χ1v) is 7.35. The summed E-state index contributed by atoms with van der Waals surface area (Å²) in [4.78, 5) is 26.2. The van der Waals surface area contributed by atoms with Crippen LogP contribution in [0.3, 0.4) is 0 Å². The van der Waals surface area contributed by atoms with E-state index in [0.29, 0.717) is 30.5 Å². The fraction of sp³-hybridized carbons (Fsp3) is 0.467. The first-order valence-electron chi connectivity index (χ1n) is 6.97. The van der Waals surface area contributed by atoms with E-state index in [4.69, 9.17) is 16.3 Å². The quantitative estimate of drug-likeness (QED) is 0.831. The van der Waals surface area contributed by atoms with Crippen molar-refractivity contribution in [3.8, 4) is 5.75 Å². The summed E-state index contributed by atoms with van der Waals surface area (Å²) in [5.41, 5.74) is 0. The van der Waals surface area contributed by atoms with Gasteiger partial charge in [0.15, 0.2) is 0 Å². The first kappa shape index (κ1) is 18.1. The topological polar surface area (TPSA) is 61.9 Å². The van der Waals surface area contributed by atoms with Crippen LogP contribution in [0.1, 0.15) is 6.42 Å². The van der Waals surface area contributed by atoms with Crippen LogP contribution < -0.4 is 10.1 Å². The third-order valence-electron chi connectivity index (χ3n) is 2.95. The van der Waals surface area contributed by atoms with Crippen LogP contribution in [0.25, 0.3) is 0 Å². The maximum absolute atomic E-state index is 11.8. The van der Waals surface area contributed by atoms with E-state index in [0.717, 1.165) is 0 Å². The minimum Gasteiger partial charge on any atom is -0.492 e. The van der Waals surface area contributed by atoms with Gasteiger partial charge in [0.05, 0.1) is 6.54 Å². The maximum Gasteiger partial charge on any atom is 0.317 e. The van der Waals surface area contributed by atoms with Crippen LogP contribution in [0.5, 0.6) is 5.75 Å². The second-order valence-electron chi connectivity index (χ2n) is 5.00. The molecule has 0 radical (unpaired) electrons. The second kappa shape index (κ2) is 9.15. The van der Waals surface area contributed by atoms with Crippen molar-refractivity contribution in [1.29, 1.82) is 0 Å². The standard InChI is InChI=1S/C15H22ClN3O3/c1-18(2)14(20)7-8-17-15(21)19(3)9-10-22-13-6-4-5-12(16)11-13/h4-6,11H,7-10H2,1-3H3,(H,17,21). The number of nitrogens with one attached hydrogen (secondary N) is 1. The highest BCUT2D eigenvalue weighted by molar-refractivity contribution is 6.30. The molecular formula is C15H22ClN3O3. The predicted octanol–water partition coefficient (Wildman–Crippen LogP) is 1.84. The minimum atomic E-state index is -0.235. The number of ether oxygens (including phenoxy) is 1. The Morgan fingerprint density at radius 2 is 2.00 bits per heavy atom. The van der Waals surface area contributed by atoms with Crippen molar-refractivity contribution in [2.75, 3.05) is 40.8 Å². The molecule has 0 fully saturated rings. The zero-order chi connectivity index (χ0) is 16.5. The summed E-state index contributed by atoms with van der Waals surface area (Å²) in [6, 6.07) is 6.85. The molecule has 0 atom stereocenters. The zero-order valence-electron chi connectivity index (χ0n) is 13.1. The van der Waals surface area contributed by atoms with Crippen molar-refractivity contribution in [3.05, 3.63) is 29.3 Å². The largest absolute Gasteiger partial charge is 0.492 e. The molecule has 3 amide bonds. The number of benzene rings is 1. The molecule has 0 aliphatic rings. The Balaban J connectivity index is 2.22. The zero-order valence-corrected chi connectivity index (χ0v) is 13.9. The van der Waals surface area contributed by atoms with Crippen LogP contribution in [0.2, 0.25) is 5.02 Å². The first-order chi connectivity index (χ1) is 10.4. The van der Waals surface area contributed by atoms with Crippen molar-refractivity contribution in [2.24, 2.45) is 0 Å². The lowest BCUT2D eigenvalue weighted by Gasteiger charge is -2.18. The number of likely N-dealkylation sites (N-methyl/N-ethyl adjacent to an activating group) is 1. The van der Waals surface area contributed by atoms with E-state index in [2.05, 4.69) is 5.32 Å². The second-order valence-corrected chi connectivity index (χ2v) is 5.43. The molecule has 1 rings (SSSR count). The van der Waals surface area contributed by atoms with Crippen LogP contribution >= 0.6 is 11.6 Å². The molecule has 0 spiro atoms. The number of nitrogens with zero attached hydrogens (tertiary/aromatic N) is 2. The van der Waals surface area contributed by atoms with E-state index < -0.39 is 0 Å². The summed E-state index contributed by atoms with van der Waals surface area (Å²) in [5, 5.41) is 3.29. The molecule has 7 heteroatoms. The van der Waals surface area contributed by atoms with Crippen LogP contribution in [-0.2, 0) is 4.79 Å². The Kier molecular flexibility index (Phi) is 7.52. The summed E-state index contributed by atoms with van der Waals surface area (Å²) in [7, 11) is 5.04. The Morgan fingerprint density at radius 3 is 2.64 bits per heavy atom. The minimum absolute atomic E-state index is 0.0211. The third kappa shape index (κ3) is 6.67. The Labute approximate surface area is 136 Å². The number of urea groups is 1. The van der Waals surface area contributed by atoms with Gasteiger partial charge in [-0.15, -0.1) is 0 Å². The SMILES string of the molecule is CN(C)C(=O)CCNC(=O)N(C)CCOc1cccc(Cl)c1. The molecule has 0 bridgehead atoms. The van der Waals surface area contributed by atoms with Gasteiger partial charge in [-0.3, -0.25) is 4.79 Å². The van der Waals surface area contributed by atoms with E-state index in [9.17, 15) is 9.59 Å². The number of hydrogen-bond acceptors (Lipinski definition) is 3. The van der Waals surface area contributed by atoms with Crippen molar-refractivity contribution in [3.63, 3.8) is 0 Å². The van der Waals surface area contributed by atoms with Gasteiger partial charge in [0, 0.05) is 39.1 Å². The molecular weight excluding hydrogens is 306 g/mol. The van der Waals surface area contributed by atoms with E-state index >= 15 is 0 Å². The number of hydrogen-bond donors (Lipinski definition) is 1.